The van der Waals surface area contributed by atoms with Crippen LogP contribution in [-0.4, -0.2) is 52.6 Å². The van der Waals surface area contributed by atoms with E-state index in [0.717, 1.165) is 29.7 Å². The molecule has 0 radical (unpaired) electrons. The molecule has 172 valence electrons. The van der Waals surface area contributed by atoms with Crippen molar-refractivity contribution in [3.8, 4) is 23.0 Å². The normalized spacial score (nSPS) is 17.1. The third-order valence-corrected chi connectivity index (χ3v) is 5.68. The summed E-state index contributed by atoms with van der Waals surface area (Å²) in [6.45, 7) is 2.76. The number of nitrogens with zero attached hydrogens (tertiary/aromatic N) is 1. The maximum atomic E-state index is 12.8. The van der Waals surface area contributed by atoms with E-state index in [1.807, 2.05) is 36.4 Å². The Morgan fingerprint density at radius 1 is 0.906 bits per heavy atom. The highest BCUT2D eigenvalue weighted by atomic mass is 16.5. The summed E-state index contributed by atoms with van der Waals surface area (Å²) in [5.74, 6) is 2.45. The van der Waals surface area contributed by atoms with E-state index in [0.29, 0.717) is 36.0 Å². The molecule has 0 saturated carbocycles. The van der Waals surface area contributed by atoms with Gasteiger partial charge in [-0.25, -0.2) is 0 Å². The molecular weight excluding hydrogens is 408 g/mol. The largest absolute Gasteiger partial charge is 0.493 e. The number of hydrogen-bond donors (Lipinski definition) is 1. The van der Waals surface area contributed by atoms with Gasteiger partial charge < -0.3 is 24.3 Å². The second-order valence-corrected chi connectivity index (χ2v) is 7.67. The van der Waals surface area contributed by atoms with Gasteiger partial charge in [0.05, 0.1) is 34.4 Å². The smallest absolute Gasteiger partial charge is 0.245 e. The van der Waals surface area contributed by atoms with Gasteiger partial charge in [0.1, 0.15) is 6.04 Å². The van der Waals surface area contributed by atoms with Crippen LogP contribution in [0.15, 0.2) is 41.4 Å². The highest BCUT2D eigenvalue weighted by Gasteiger charge is 2.40. The van der Waals surface area contributed by atoms with Gasteiger partial charge in [-0.1, -0.05) is 25.5 Å². The van der Waals surface area contributed by atoms with Crippen molar-refractivity contribution in [2.24, 2.45) is 4.99 Å². The van der Waals surface area contributed by atoms with Crippen molar-refractivity contribution in [2.45, 2.75) is 38.1 Å². The Morgan fingerprint density at radius 2 is 1.53 bits per heavy atom. The summed E-state index contributed by atoms with van der Waals surface area (Å²) in [5.41, 5.74) is 2.96. The molecule has 1 heterocycles. The predicted molar refractivity (Wildman–Crippen MR) is 125 cm³/mol. The summed E-state index contributed by atoms with van der Waals surface area (Å²) in [4.78, 5) is 17.5. The molecule has 3 rings (SSSR count). The van der Waals surface area contributed by atoms with Gasteiger partial charge in [-0.3, -0.25) is 9.79 Å². The van der Waals surface area contributed by atoms with E-state index in [9.17, 15) is 4.79 Å². The molecule has 0 spiro atoms. The summed E-state index contributed by atoms with van der Waals surface area (Å²) >= 11 is 0. The molecule has 0 unspecified atom stereocenters. The molecule has 2 aromatic rings. The lowest BCUT2D eigenvalue weighted by Gasteiger charge is -2.35. The zero-order valence-corrected chi connectivity index (χ0v) is 19.4. The number of hydrogen-bond acceptors (Lipinski definition) is 6. The molecule has 0 aliphatic carbocycles. The van der Waals surface area contributed by atoms with Crippen LogP contribution in [0.4, 0.5) is 0 Å². The lowest BCUT2D eigenvalue weighted by Crippen LogP contribution is -2.47. The number of methoxy groups -OCH3 is 4. The molecule has 1 amide bonds. The Hall–Kier alpha value is -3.22. The number of amides is 1. The monoisotopic (exact) mass is 440 g/mol. The molecule has 0 aromatic heterocycles. The number of nitrogens with one attached hydrogen (secondary N) is 1. The Morgan fingerprint density at radius 3 is 2.16 bits per heavy atom. The minimum atomic E-state index is -0.458. The Labute approximate surface area is 189 Å². The number of ether oxygens (including phenoxy) is 4. The van der Waals surface area contributed by atoms with Gasteiger partial charge in [0.25, 0.3) is 0 Å². The molecule has 0 bridgehead atoms. The first-order chi connectivity index (χ1) is 15.6. The van der Waals surface area contributed by atoms with Gasteiger partial charge in [-0.05, 0) is 41.8 Å². The first-order valence-corrected chi connectivity index (χ1v) is 10.8. The van der Waals surface area contributed by atoms with Crippen LogP contribution >= 0.6 is 0 Å². The maximum absolute atomic E-state index is 12.8. The second kappa shape index (κ2) is 10.9. The summed E-state index contributed by atoms with van der Waals surface area (Å²) < 4.78 is 21.6. The summed E-state index contributed by atoms with van der Waals surface area (Å²) in [6.07, 6.45) is 2.58. The quantitative estimate of drug-likeness (QED) is 0.538. The van der Waals surface area contributed by atoms with Gasteiger partial charge in [-0.2, -0.15) is 0 Å². The van der Waals surface area contributed by atoms with E-state index in [-0.39, 0.29) is 11.8 Å². The van der Waals surface area contributed by atoms with E-state index in [4.69, 9.17) is 23.9 Å². The third kappa shape index (κ3) is 4.98. The van der Waals surface area contributed by atoms with E-state index >= 15 is 0 Å². The lowest BCUT2D eigenvalue weighted by molar-refractivity contribution is -0.122. The lowest BCUT2D eigenvalue weighted by atomic mass is 9.79. The standard InChI is InChI=1S/C25H32N2O5/c1-6-7-12-26-25(28)24-23(17-9-11-20(30-3)22(15-17)32-5)18(27-24)13-16-8-10-19(29-2)21(14-16)31-4/h8-11,14-15,23-24H,6-7,12-13H2,1-5H3,(H,26,28)/t23-,24+/m0/s1. The van der Waals surface area contributed by atoms with Crippen LogP contribution in [0.1, 0.15) is 36.8 Å². The number of aliphatic imine (C=N–C) groups is 1. The third-order valence-electron chi connectivity index (χ3n) is 5.68. The second-order valence-electron chi connectivity index (χ2n) is 7.67. The SMILES string of the molecule is CCCCNC(=O)[C@@H]1N=C(Cc2ccc(OC)c(OC)c2)[C@@H]1c1ccc(OC)c(OC)c1. The first kappa shape index (κ1) is 23.4. The first-order valence-electron chi connectivity index (χ1n) is 10.8. The highest BCUT2D eigenvalue weighted by molar-refractivity contribution is 6.05. The topological polar surface area (TPSA) is 78.4 Å². The van der Waals surface area contributed by atoms with Crippen molar-refractivity contribution in [1.82, 2.24) is 5.32 Å². The van der Waals surface area contributed by atoms with E-state index in [2.05, 4.69) is 12.2 Å². The van der Waals surface area contributed by atoms with Crippen molar-refractivity contribution >= 4 is 11.6 Å². The molecular formula is C25H32N2O5. The van der Waals surface area contributed by atoms with Crippen LogP contribution in [0.5, 0.6) is 23.0 Å². The Balaban J connectivity index is 1.89. The summed E-state index contributed by atoms with van der Waals surface area (Å²) in [6, 6.07) is 11.1. The zero-order chi connectivity index (χ0) is 23.1. The van der Waals surface area contributed by atoms with Crippen molar-refractivity contribution in [2.75, 3.05) is 35.0 Å². The van der Waals surface area contributed by atoms with Crippen LogP contribution in [0.2, 0.25) is 0 Å². The average Bonchev–Trinajstić information content (AvgIpc) is 2.81. The average molecular weight is 441 g/mol. The number of carbonyl (C=O) groups excluding carboxylic acids is 1. The van der Waals surface area contributed by atoms with Gasteiger partial charge in [0.2, 0.25) is 5.91 Å². The Kier molecular flexibility index (Phi) is 7.98. The van der Waals surface area contributed by atoms with Gasteiger partial charge >= 0.3 is 0 Å². The predicted octanol–water partition coefficient (Wildman–Crippen LogP) is 3.79. The molecule has 2 atom stereocenters. The highest BCUT2D eigenvalue weighted by Crippen LogP contribution is 2.39. The molecule has 1 aliphatic heterocycles. The number of unbranched alkanes of at least 4 members (excludes halogenated alkanes) is 1. The fourth-order valence-electron chi connectivity index (χ4n) is 3.91. The number of benzene rings is 2. The molecule has 1 N–H and O–H groups in total. The minimum Gasteiger partial charge on any atom is -0.493 e. The van der Waals surface area contributed by atoms with Crippen LogP contribution in [0.3, 0.4) is 0 Å². The van der Waals surface area contributed by atoms with Gasteiger partial charge in [0.15, 0.2) is 23.0 Å². The molecule has 32 heavy (non-hydrogen) atoms. The van der Waals surface area contributed by atoms with Gasteiger partial charge in [0, 0.05) is 18.7 Å². The molecule has 1 aliphatic rings. The maximum Gasteiger partial charge on any atom is 0.245 e. The molecule has 2 aromatic carbocycles. The van der Waals surface area contributed by atoms with E-state index < -0.39 is 6.04 Å². The molecule has 0 saturated heterocycles. The Bertz CT molecular complexity index is 973. The minimum absolute atomic E-state index is 0.0469. The number of carbonyl (C=O) groups is 1. The summed E-state index contributed by atoms with van der Waals surface area (Å²) in [5, 5.41) is 3.02. The van der Waals surface area contributed by atoms with Crippen molar-refractivity contribution in [3.63, 3.8) is 0 Å². The van der Waals surface area contributed by atoms with Crippen LogP contribution in [0, 0.1) is 0 Å². The van der Waals surface area contributed by atoms with Crippen molar-refractivity contribution in [3.05, 3.63) is 47.5 Å². The number of rotatable bonds is 11. The molecule has 7 heteroatoms. The van der Waals surface area contributed by atoms with Crippen LogP contribution in [0.25, 0.3) is 0 Å². The van der Waals surface area contributed by atoms with Crippen molar-refractivity contribution < 1.29 is 23.7 Å². The van der Waals surface area contributed by atoms with E-state index in [1.165, 1.54) is 0 Å². The fraction of sp³-hybridized carbons (Fsp3) is 0.440. The van der Waals surface area contributed by atoms with E-state index in [1.54, 1.807) is 28.4 Å². The molecule has 7 nitrogen and oxygen atoms in total. The zero-order valence-electron chi connectivity index (χ0n) is 19.4. The van der Waals surface area contributed by atoms with Gasteiger partial charge in [-0.15, -0.1) is 0 Å². The molecule has 0 fully saturated rings. The van der Waals surface area contributed by atoms with Crippen LogP contribution in [-0.2, 0) is 11.2 Å². The fourth-order valence-corrected chi connectivity index (χ4v) is 3.91. The van der Waals surface area contributed by atoms with Crippen molar-refractivity contribution in [1.29, 1.82) is 0 Å². The van der Waals surface area contributed by atoms with Crippen LogP contribution < -0.4 is 24.3 Å². The summed E-state index contributed by atoms with van der Waals surface area (Å²) in [7, 11) is 6.44.